The van der Waals surface area contributed by atoms with E-state index in [0.29, 0.717) is 24.0 Å². The zero-order chi connectivity index (χ0) is 20.0. The van der Waals surface area contributed by atoms with Crippen molar-refractivity contribution in [1.29, 1.82) is 0 Å². The summed E-state index contributed by atoms with van der Waals surface area (Å²) < 4.78 is 52.0. The van der Waals surface area contributed by atoms with Gasteiger partial charge in [-0.1, -0.05) is 20.8 Å². The molecule has 1 aromatic carbocycles. The molecular formula is C18H21F2N3O3S. The monoisotopic (exact) mass is 397 g/mol. The van der Waals surface area contributed by atoms with E-state index >= 15 is 0 Å². The first-order chi connectivity index (χ1) is 12.4. The minimum Gasteiger partial charge on any atom is -0.307 e. The maximum atomic E-state index is 13.4. The molecule has 1 N–H and O–H groups in total. The van der Waals surface area contributed by atoms with Crippen LogP contribution in [0.3, 0.4) is 0 Å². The van der Waals surface area contributed by atoms with Gasteiger partial charge in [0.15, 0.2) is 9.84 Å². The normalized spacial score (nSPS) is 19.2. The summed E-state index contributed by atoms with van der Waals surface area (Å²) in [6, 6.07) is 3.82. The minimum atomic E-state index is -3.15. The van der Waals surface area contributed by atoms with Gasteiger partial charge in [0.25, 0.3) is 5.91 Å². The molecule has 1 aliphatic rings. The second-order valence-electron chi connectivity index (χ2n) is 7.78. The van der Waals surface area contributed by atoms with Crippen LogP contribution >= 0.6 is 0 Å². The third-order valence-electron chi connectivity index (χ3n) is 4.42. The lowest BCUT2D eigenvalue weighted by Gasteiger charge is -2.15. The Balaban J connectivity index is 1.96. The molecule has 3 rings (SSSR count). The van der Waals surface area contributed by atoms with Crippen LogP contribution in [0.15, 0.2) is 24.3 Å². The summed E-state index contributed by atoms with van der Waals surface area (Å²) >= 11 is 0. The summed E-state index contributed by atoms with van der Waals surface area (Å²) in [5, 5.41) is 7.11. The number of aromatic nitrogens is 2. The lowest BCUT2D eigenvalue weighted by Crippen LogP contribution is -2.20. The molecule has 0 spiro atoms. The highest BCUT2D eigenvalue weighted by Crippen LogP contribution is 2.31. The quantitative estimate of drug-likeness (QED) is 0.863. The van der Waals surface area contributed by atoms with E-state index in [-0.39, 0.29) is 22.5 Å². The van der Waals surface area contributed by atoms with Crippen LogP contribution in [0.5, 0.6) is 0 Å². The van der Waals surface area contributed by atoms with Gasteiger partial charge < -0.3 is 5.32 Å². The van der Waals surface area contributed by atoms with Crippen LogP contribution in [0.1, 0.15) is 49.3 Å². The number of anilines is 1. The Morgan fingerprint density at radius 1 is 1.19 bits per heavy atom. The van der Waals surface area contributed by atoms with E-state index in [4.69, 9.17) is 0 Å². The average Bonchev–Trinajstić information content (AvgIpc) is 3.09. The van der Waals surface area contributed by atoms with Crippen molar-refractivity contribution in [3.63, 3.8) is 0 Å². The molecule has 1 amide bonds. The van der Waals surface area contributed by atoms with Gasteiger partial charge in [0, 0.05) is 23.1 Å². The van der Waals surface area contributed by atoms with Crippen LogP contribution in [0.25, 0.3) is 0 Å². The third kappa shape index (κ3) is 4.35. The fraction of sp³-hybridized carbons (Fsp3) is 0.444. The van der Waals surface area contributed by atoms with Gasteiger partial charge in [0.05, 0.1) is 23.2 Å². The molecule has 6 nitrogen and oxygen atoms in total. The highest BCUT2D eigenvalue weighted by atomic mass is 32.2. The lowest BCUT2D eigenvalue weighted by atomic mass is 9.92. The number of benzene rings is 1. The molecule has 1 fully saturated rings. The minimum absolute atomic E-state index is 0.0598. The van der Waals surface area contributed by atoms with Crippen LogP contribution in [-0.2, 0) is 15.3 Å². The number of hydrogen-bond donors (Lipinski definition) is 1. The molecular weight excluding hydrogens is 376 g/mol. The van der Waals surface area contributed by atoms with Gasteiger partial charge in [-0.05, 0) is 18.6 Å². The Hall–Kier alpha value is -2.29. The van der Waals surface area contributed by atoms with E-state index in [1.807, 2.05) is 20.8 Å². The summed E-state index contributed by atoms with van der Waals surface area (Å²) in [7, 11) is -3.15. The number of rotatable bonds is 3. The molecule has 27 heavy (non-hydrogen) atoms. The molecule has 0 radical (unpaired) electrons. The molecule has 9 heteroatoms. The second kappa shape index (κ2) is 6.70. The van der Waals surface area contributed by atoms with Crippen molar-refractivity contribution in [3.8, 4) is 0 Å². The van der Waals surface area contributed by atoms with Crippen molar-refractivity contribution in [2.24, 2.45) is 0 Å². The highest BCUT2D eigenvalue weighted by molar-refractivity contribution is 7.91. The van der Waals surface area contributed by atoms with Crippen molar-refractivity contribution >= 4 is 21.6 Å². The maximum Gasteiger partial charge on any atom is 0.257 e. The van der Waals surface area contributed by atoms with Crippen molar-refractivity contribution in [2.45, 2.75) is 38.6 Å². The first kappa shape index (κ1) is 19.5. The molecule has 1 atom stereocenters. The standard InChI is InChI=1S/C18H21F2N3O3S/c1-18(2,3)15-9-16(23(22-15)14-4-5-27(25,26)10-14)21-17(24)11-6-12(19)8-13(20)7-11/h6-9,14H,4-5,10H2,1-3H3,(H,21,24)/t14-/m0/s1. The van der Waals surface area contributed by atoms with E-state index in [9.17, 15) is 22.0 Å². The SMILES string of the molecule is CC(C)(C)c1cc(NC(=O)c2cc(F)cc(F)c2)n([C@H]2CCS(=O)(=O)C2)n1. The number of nitrogens with one attached hydrogen (secondary N) is 1. The number of carbonyl (C=O) groups excluding carboxylic acids is 1. The van der Waals surface area contributed by atoms with Crippen LogP contribution in [0.2, 0.25) is 0 Å². The summed E-state index contributed by atoms with van der Waals surface area (Å²) in [5.74, 6) is -2.11. The first-order valence-corrected chi connectivity index (χ1v) is 10.3. The van der Waals surface area contributed by atoms with E-state index in [2.05, 4.69) is 10.4 Å². The molecule has 1 aromatic heterocycles. The van der Waals surface area contributed by atoms with E-state index in [1.165, 1.54) is 4.68 Å². The van der Waals surface area contributed by atoms with E-state index < -0.39 is 33.4 Å². The van der Waals surface area contributed by atoms with Gasteiger partial charge in [-0.15, -0.1) is 0 Å². The van der Waals surface area contributed by atoms with Crippen LogP contribution < -0.4 is 5.32 Å². The van der Waals surface area contributed by atoms with E-state index in [1.54, 1.807) is 6.07 Å². The Morgan fingerprint density at radius 3 is 2.33 bits per heavy atom. The second-order valence-corrected chi connectivity index (χ2v) is 10.0. The molecule has 0 bridgehead atoms. The predicted octanol–water partition coefficient (Wildman–Crippen LogP) is 3.07. The zero-order valence-corrected chi connectivity index (χ0v) is 16.1. The van der Waals surface area contributed by atoms with Crippen molar-refractivity contribution < 1.29 is 22.0 Å². The first-order valence-electron chi connectivity index (χ1n) is 8.52. The zero-order valence-electron chi connectivity index (χ0n) is 15.3. The average molecular weight is 397 g/mol. The van der Waals surface area contributed by atoms with Crippen molar-refractivity contribution in [2.75, 3.05) is 16.8 Å². The van der Waals surface area contributed by atoms with Gasteiger partial charge in [0.2, 0.25) is 0 Å². The Bertz CT molecular complexity index is 974. The number of halogens is 2. The maximum absolute atomic E-state index is 13.4. The summed E-state index contributed by atoms with van der Waals surface area (Å²) in [6.07, 6.45) is 0.394. The molecule has 0 unspecified atom stereocenters. The summed E-state index contributed by atoms with van der Waals surface area (Å²) in [6.45, 7) is 5.83. The highest BCUT2D eigenvalue weighted by Gasteiger charge is 2.33. The van der Waals surface area contributed by atoms with Gasteiger partial charge >= 0.3 is 0 Å². The largest absolute Gasteiger partial charge is 0.307 e. The Morgan fingerprint density at radius 2 is 1.81 bits per heavy atom. The molecule has 2 aromatic rings. The Labute approximate surface area is 156 Å². The van der Waals surface area contributed by atoms with Gasteiger partial charge in [0.1, 0.15) is 17.5 Å². The van der Waals surface area contributed by atoms with Crippen molar-refractivity contribution in [3.05, 3.63) is 47.2 Å². The van der Waals surface area contributed by atoms with Crippen LogP contribution in [0.4, 0.5) is 14.6 Å². The third-order valence-corrected chi connectivity index (χ3v) is 6.18. The molecule has 0 saturated carbocycles. The molecule has 1 saturated heterocycles. The van der Waals surface area contributed by atoms with Gasteiger partial charge in [-0.2, -0.15) is 5.10 Å². The molecule has 2 heterocycles. The van der Waals surface area contributed by atoms with Crippen LogP contribution in [0, 0.1) is 11.6 Å². The molecule has 1 aliphatic heterocycles. The fourth-order valence-corrected chi connectivity index (χ4v) is 4.67. The number of carbonyl (C=O) groups is 1. The van der Waals surface area contributed by atoms with Crippen LogP contribution in [-0.4, -0.2) is 35.6 Å². The molecule has 146 valence electrons. The van der Waals surface area contributed by atoms with Gasteiger partial charge in [-0.25, -0.2) is 21.9 Å². The number of nitrogens with zero attached hydrogens (tertiary/aromatic N) is 2. The fourth-order valence-electron chi connectivity index (χ4n) is 2.97. The van der Waals surface area contributed by atoms with Gasteiger partial charge in [-0.3, -0.25) is 4.79 Å². The summed E-state index contributed by atoms with van der Waals surface area (Å²) in [5.41, 5.74) is 0.178. The predicted molar refractivity (Wildman–Crippen MR) is 97.5 cm³/mol. The lowest BCUT2D eigenvalue weighted by molar-refractivity contribution is 0.102. The molecule has 0 aliphatic carbocycles. The number of hydrogen-bond acceptors (Lipinski definition) is 4. The Kier molecular flexibility index (Phi) is 4.83. The van der Waals surface area contributed by atoms with Crippen molar-refractivity contribution in [1.82, 2.24) is 9.78 Å². The van der Waals surface area contributed by atoms with E-state index in [0.717, 1.165) is 12.1 Å². The topological polar surface area (TPSA) is 81.1 Å². The number of sulfone groups is 1. The smallest absolute Gasteiger partial charge is 0.257 e. The summed E-state index contributed by atoms with van der Waals surface area (Å²) in [4.78, 5) is 12.5. The number of amides is 1.